The molecule has 0 aliphatic rings. The Morgan fingerprint density at radius 2 is 1.78 bits per heavy atom. The molecule has 0 unspecified atom stereocenters. The molecule has 198 valence electrons. The van der Waals surface area contributed by atoms with Crippen LogP contribution in [0.15, 0.2) is 59.1 Å². The fraction of sp³-hybridized carbons (Fsp3) is 0.357. The molecule has 0 saturated carbocycles. The lowest BCUT2D eigenvalue weighted by Gasteiger charge is -2.30. The summed E-state index contributed by atoms with van der Waals surface area (Å²) in [5.74, 6) is 1.21. The summed E-state index contributed by atoms with van der Waals surface area (Å²) in [7, 11) is 3.21. The average Bonchev–Trinajstić information content (AvgIpc) is 3.28. The first kappa shape index (κ1) is 28.5. The molecule has 0 spiro atoms. The predicted octanol–water partition coefficient (Wildman–Crippen LogP) is 6.35. The summed E-state index contributed by atoms with van der Waals surface area (Å²) in [6, 6.07) is 16.8. The quantitative estimate of drug-likeness (QED) is 0.284. The van der Waals surface area contributed by atoms with Gasteiger partial charge in [0, 0.05) is 32.5 Å². The first-order valence-corrected chi connectivity index (χ1v) is 13.7. The normalized spacial score (nSPS) is 10.8. The molecule has 9 heteroatoms. The van der Waals surface area contributed by atoms with Crippen LogP contribution in [0.5, 0.6) is 11.5 Å². The Kier molecular flexibility index (Phi) is 10.4. The minimum Gasteiger partial charge on any atom is -0.493 e. The van der Waals surface area contributed by atoms with Crippen LogP contribution in [0.1, 0.15) is 29.2 Å². The average molecular weight is 589 g/mol. The van der Waals surface area contributed by atoms with Gasteiger partial charge in [0.05, 0.1) is 20.8 Å². The molecule has 37 heavy (non-hydrogen) atoms. The number of hydrogen-bond donors (Lipinski definition) is 1. The maximum absolute atomic E-state index is 13.6. The highest BCUT2D eigenvalue weighted by Gasteiger charge is 2.24. The molecule has 7 nitrogen and oxygen atoms in total. The molecule has 0 radical (unpaired) electrons. The van der Waals surface area contributed by atoms with E-state index in [0.717, 1.165) is 14.9 Å². The van der Waals surface area contributed by atoms with Gasteiger partial charge in [0.15, 0.2) is 11.5 Å². The number of urea groups is 1. The summed E-state index contributed by atoms with van der Waals surface area (Å²) in [6.45, 7) is 6.84. The Balaban J connectivity index is 1.75. The smallest absolute Gasteiger partial charge is 0.322 e. The van der Waals surface area contributed by atoms with Crippen LogP contribution in [0.4, 0.5) is 10.5 Å². The highest BCUT2D eigenvalue weighted by atomic mass is 79.9. The van der Waals surface area contributed by atoms with E-state index < -0.39 is 0 Å². The molecule has 3 aromatic rings. The van der Waals surface area contributed by atoms with Crippen molar-refractivity contribution in [2.24, 2.45) is 0 Å². The molecule has 3 rings (SSSR count). The van der Waals surface area contributed by atoms with Gasteiger partial charge in [-0.1, -0.05) is 28.1 Å². The van der Waals surface area contributed by atoms with Crippen LogP contribution < -0.4 is 14.8 Å². The Morgan fingerprint density at radius 3 is 2.41 bits per heavy atom. The molecule has 0 aliphatic carbocycles. The van der Waals surface area contributed by atoms with Crippen LogP contribution in [0.3, 0.4) is 0 Å². The Bertz CT molecular complexity index is 1210. The second kappa shape index (κ2) is 13.5. The summed E-state index contributed by atoms with van der Waals surface area (Å²) in [4.78, 5) is 32.4. The number of ether oxygens (including phenoxy) is 2. The van der Waals surface area contributed by atoms with Gasteiger partial charge in [0.1, 0.15) is 6.54 Å². The molecular weight excluding hydrogens is 554 g/mol. The van der Waals surface area contributed by atoms with E-state index in [1.165, 1.54) is 4.88 Å². The fourth-order valence-corrected chi connectivity index (χ4v) is 5.15. The zero-order valence-corrected chi connectivity index (χ0v) is 24.3. The van der Waals surface area contributed by atoms with Crippen molar-refractivity contribution < 1.29 is 19.1 Å². The summed E-state index contributed by atoms with van der Waals surface area (Å²) in [5.41, 5.74) is 1.70. The zero-order chi connectivity index (χ0) is 26.9. The van der Waals surface area contributed by atoms with Crippen LogP contribution in [0.25, 0.3) is 0 Å². The van der Waals surface area contributed by atoms with E-state index in [4.69, 9.17) is 9.47 Å². The molecule has 0 aliphatic heterocycles. The number of nitrogens with zero attached hydrogens (tertiary/aromatic N) is 2. The number of methoxy groups -OCH3 is 2. The zero-order valence-electron chi connectivity index (χ0n) is 21.9. The van der Waals surface area contributed by atoms with E-state index >= 15 is 0 Å². The number of halogens is 1. The monoisotopic (exact) mass is 587 g/mol. The molecular formula is C28H34BrN3O4S. The van der Waals surface area contributed by atoms with Crippen molar-refractivity contribution in [2.45, 2.75) is 39.8 Å². The highest BCUT2D eigenvalue weighted by molar-refractivity contribution is 9.10. The van der Waals surface area contributed by atoms with Gasteiger partial charge in [0.25, 0.3) is 0 Å². The maximum atomic E-state index is 13.6. The number of carbonyl (C=O) groups is 2. The lowest BCUT2D eigenvalue weighted by atomic mass is 10.1. The summed E-state index contributed by atoms with van der Waals surface area (Å²) < 4.78 is 11.6. The number of carbonyl (C=O) groups excluding carboxylic acids is 2. The Hall–Kier alpha value is -3.04. The van der Waals surface area contributed by atoms with E-state index in [0.29, 0.717) is 36.7 Å². The molecule has 0 fully saturated rings. The van der Waals surface area contributed by atoms with Crippen molar-refractivity contribution in [3.05, 3.63) is 74.4 Å². The molecule has 0 atom stereocenters. The molecule has 1 N–H and O–H groups in total. The fourth-order valence-electron chi connectivity index (χ4n) is 3.85. The van der Waals surface area contributed by atoms with Crippen LogP contribution in [0, 0.1) is 6.92 Å². The van der Waals surface area contributed by atoms with Gasteiger partial charge in [-0.2, -0.15) is 0 Å². The molecule has 1 heterocycles. The van der Waals surface area contributed by atoms with Crippen molar-refractivity contribution >= 4 is 44.9 Å². The van der Waals surface area contributed by atoms with Crippen LogP contribution in [0.2, 0.25) is 0 Å². The van der Waals surface area contributed by atoms with E-state index in [1.807, 2.05) is 61.2 Å². The summed E-state index contributed by atoms with van der Waals surface area (Å²) in [6.07, 6.45) is 0.641. The number of rotatable bonds is 11. The minimum atomic E-state index is -0.312. The van der Waals surface area contributed by atoms with E-state index in [2.05, 4.69) is 40.3 Å². The predicted molar refractivity (Wildman–Crippen MR) is 153 cm³/mol. The number of anilines is 1. The van der Waals surface area contributed by atoms with Gasteiger partial charge in [-0.25, -0.2) is 4.79 Å². The SMILES string of the molecule is COc1ccc(CCN(Cc2ccc(C)s2)C(=O)CN(C(=O)Nc2cccc(Br)c2)C(C)C)cc1OC. The van der Waals surface area contributed by atoms with Crippen molar-refractivity contribution in [1.29, 1.82) is 0 Å². The Labute approximate surface area is 231 Å². The largest absolute Gasteiger partial charge is 0.493 e. The number of amides is 3. The van der Waals surface area contributed by atoms with Crippen LogP contribution in [-0.2, 0) is 17.8 Å². The van der Waals surface area contributed by atoms with Crippen molar-refractivity contribution in [2.75, 3.05) is 32.6 Å². The van der Waals surface area contributed by atoms with Gasteiger partial charge in [-0.3, -0.25) is 4.79 Å². The molecule has 3 amide bonds. The minimum absolute atomic E-state index is 0.0200. The van der Waals surface area contributed by atoms with E-state index in [1.54, 1.807) is 30.5 Å². The number of benzene rings is 2. The van der Waals surface area contributed by atoms with Crippen molar-refractivity contribution in [1.82, 2.24) is 9.80 Å². The van der Waals surface area contributed by atoms with Gasteiger partial charge >= 0.3 is 6.03 Å². The number of nitrogens with one attached hydrogen (secondary N) is 1. The van der Waals surface area contributed by atoms with Gasteiger partial charge in [-0.05, 0) is 75.2 Å². The van der Waals surface area contributed by atoms with E-state index in [9.17, 15) is 9.59 Å². The maximum Gasteiger partial charge on any atom is 0.322 e. The topological polar surface area (TPSA) is 71.1 Å². The first-order valence-electron chi connectivity index (χ1n) is 12.1. The third-order valence-corrected chi connectivity index (χ3v) is 7.36. The molecule has 0 bridgehead atoms. The van der Waals surface area contributed by atoms with Crippen molar-refractivity contribution in [3.8, 4) is 11.5 Å². The third kappa shape index (κ3) is 8.23. The summed E-state index contributed by atoms with van der Waals surface area (Å²) in [5, 5.41) is 2.91. The van der Waals surface area contributed by atoms with Gasteiger partial charge in [-0.15, -0.1) is 11.3 Å². The van der Waals surface area contributed by atoms with Crippen LogP contribution >= 0.6 is 27.3 Å². The number of hydrogen-bond acceptors (Lipinski definition) is 5. The van der Waals surface area contributed by atoms with Crippen molar-refractivity contribution in [3.63, 3.8) is 0 Å². The van der Waals surface area contributed by atoms with E-state index in [-0.39, 0.29) is 24.5 Å². The second-order valence-corrected chi connectivity index (χ2v) is 11.2. The molecule has 2 aromatic carbocycles. The standard InChI is InChI=1S/C28H34BrN3O4S/c1-19(2)32(28(34)30-23-8-6-7-22(29)16-23)18-27(33)31(17-24-11-9-20(3)37-24)14-13-21-10-12-25(35-4)26(15-21)36-5/h6-12,15-16,19H,13-14,17-18H2,1-5H3,(H,30,34). The molecule has 0 saturated heterocycles. The lowest BCUT2D eigenvalue weighted by molar-refractivity contribution is -0.132. The third-order valence-electron chi connectivity index (χ3n) is 5.88. The number of aryl methyl sites for hydroxylation is 1. The van der Waals surface area contributed by atoms with Crippen LogP contribution in [-0.4, -0.2) is 55.1 Å². The highest BCUT2D eigenvalue weighted by Crippen LogP contribution is 2.28. The van der Waals surface area contributed by atoms with Gasteiger partial charge in [0.2, 0.25) is 5.91 Å². The number of thiophene rings is 1. The Morgan fingerprint density at radius 1 is 1.03 bits per heavy atom. The first-order chi connectivity index (χ1) is 17.7. The lowest BCUT2D eigenvalue weighted by Crippen LogP contribution is -2.47. The second-order valence-electron chi connectivity index (χ2n) is 8.93. The molecule has 1 aromatic heterocycles. The van der Waals surface area contributed by atoms with Gasteiger partial charge < -0.3 is 24.6 Å². The summed E-state index contributed by atoms with van der Waals surface area (Å²) >= 11 is 5.10.